The molecular weight excluding hydrogens is 374 g/mol. The van der Waals surface area contributed by atoms with Crippen molar-refractivity contribution in [1.82, 2.24) is 5.32 Å². The minimum atomic E-state index is -1.04. The topological polar surface area (TPSA) is 102 Å². The van der Waals surface area contributed by atoms with Gasteiger partial charge < -0.3 is 19.9 Å². The SMILES string of the molecule is CC(C)C(OC(=O)NCC1(C(C)C(=O)O)CCCCC1)OC(=O)c1ccccc1. The standard InChI is InChI=1S/C22H31NO6/c1-15(2)20(28-19(26)17-10-6-4-7-11-17)29-21(27)23-14-22(16(3)18(24)25)12-8-5-9-13-22/h4,6-7,10-11,15-16,20H,5,8-9,12-14H2,1-3H3,(H,23,27)(H,24,25). The Morgan fingerprint density at radius 2 is 1.66 bits per heavy atom. The van der Waals surface area contributed by atoms with Crippen LogP contribution < -0.4 is 5.32 Å². The number of ether oxygens (including phenoxy) is 2. The highest BCUT2D eigenvalue weighted by Gasteiger charge is 2.41. The molecule has 0 saturated heterocycles. The lowest BCUT2D eigenvalue weighted by molar-refractivity contribution is -0.147. The van der Waals surface area contributed by atoms with Crippen molar-refractivity contribution in [2.75, 3.05) is 6.54 Å². The zero-order valence-electron chi connectivity index (χ0n) is 17.3. The number of esters is 1. The number of carbonyl (C=O) groups is 3. The molecule has 29 heavy (non-hydrogen) atoms. The molecule has 0 aromatic heterocycles. The highest BCUT2D eigenvalue weighted by Crippen LogP contribution is 2.42. The summed E-state index contributed by atoms with van der Waals surface area (Å²) in [5, 5.41) is 12.2. The number of nitrogens with one attached hydrogen (secondary N) is 1. The number of amides is 1. The van der Waals surface area contributed by atoms with Crippen molar-refractivity contribution in [3.63, 3.8) is 0 Å². The summed E-state index contributed by atoms with van der Waals surface area (Å²) in [6.07, 6.45) is 2.70. The molecule has 0 aliphatic heterocycles. The van der Waals surface area contributed by atoms with Crippen LogP contribution in [0.4, 0.5) is 4.79 Å². The Morgan fingerprint density at radius 1 is 1.03 bits per heavy atom. The number of aliphatic carboxylic acids is 1. The van der Waals surface area contributed by atoms with Gasteiger partial charge in [0.15, 0.2) is 0 Å². The van der Waals surface area contributed by atoms with E-state index in [9.17, 15) is 19.5 Å². The van der Waals surface area contributed by atoms with E-state index in [1.165, 1.54) is 0 Å². The van der Waals surface area contributed by atoms with Crippen molar-refractivity contribution >= 4 is 18.0 Å². The van der Waals surface area contributed by atoms with Gasteiger partial charge in [-0.15, -0.1) is 0 Å². The summed E-state index contributed by atoms with van der Waals surface area (Å²) < 4.78 is 10.7. The molecule has 7 heteroatoms. The predicted molar refractivity (Wildman–Crippen MR) is 107 cm³/mol. The van der Waals surface area contributed by atoms with E-state index in [1.54, 1.807) is 51.1 Å². The molecule has 1 aromatic rings. The van der Waals surface area contributed by atoms with Crippen molar-refractivity contribution in [2.45, 2.75) is 59.2 Å². The van der Waals surface area contributed by atoms with E-state index in [4.69, 9.17) is 9.47 Å². The zero-order valence-corrected chi connectivity index (χ0v) is 17.3. The van der Waals surface area contributed by atoms with Gasteiger partial charge in [-0.1, -0.05) is 58.2 Å². The van der Waals surface area contributed by atoms with Gasteiger partial charge in [-0.25, -0.2) is 9.59 Å². The van der Waals surface area contributed by atoms with Gasteiger partial charge in [0.1, 0.15) is 0 Å². The Kier molecular flexibility index (Phi) is 8.05. The Morgan fingerprint density at radius 3 is 2.21 bits per heavy atom. The minimum absolute atomic E-state index is 0.219. The van der Waals surface area contributed by atoms with Gasteiger partial charge >= 0.3 is 18.0 Å². The van der Waals surface area contributed by atoms with Crippen LogP contribution in [0.15, 0.2) is 30.3 Å². The molecule has 1 aromatic carbocycles. The molecule has 1 fully saturated rings. The molecule has 1 amide bonds. The molecule has 0 spiro atoms. The molecule has 2 N–H and O–H groups in total. The maximum Gasteiger partial charge on any atom is 0.410 e. The maximum absolute atomic E-state index is 12.4. The van der Waals surface area contributed by atoms with Gasteiger partial charge in [0, 0.05) is 17.9 Å². The van der Waals surface area contributed by atoms with Crippen LogP contribution in [0.5, 0.6) is 0 Å². The zero-order chi connectivity index (χ0) is 21.4. The average molecular weight is 405 g/mol. The number of rotatable bonds is 8. The third-order valence-electron chi connectivity index (χ3n) is 5.72. The lowest BCUT2D eigenvalue weighted by atomic mass is 9.66. The predicted octanol–water partition coefficient (Wildman–Crippen LogP) is 4.22. The summed E-state index contributed by atoms with van der Waals surface area (Å²) in [5.41, 5.74) is -0.115. The molecular formula is C22H31NO6. The smallest absolute Gasteiger partial charge is 0.410 e. The number of hydrogen-bond acceptors (Lipinski definition) is 5. The molecule has 7 nitrogen and oxygen atoms in total. The normalized spacial score (nSPS) is 17.8. The second kappa shape index (κ2) is 10.3. The first kappa shape index (κ1) is 22.7. The van der Waals surface area contributed by atoms with Crippen LogP contribution >= 0.6 is 0 Å². The summed E-state index contributed by atoms with van der Waals surface area (Å²) >= 11 is 0. The third-order valence-corrected chi connectivity index (χ3v) is 5.72. The highest BCUT2D eigenvalue weighted by molar-refractivity contribution is 5.89. The second-order valence-corrected chi connectivity index (χ2v) is 8.13. The first-order valence-electron chi connectivity index (χ1n) is 10.2. The lowest BCUT2D eigenvalue weighted by Gasteiger charge is -2.40. The molecule has 1 aliphatic carbocycles. The first-order valence-corrected chi connectivity index (χ1v) is 10.2. The number of carboxylic acids is 1. The van der Waals surface area contributed by atoms with Crippen LogP contribution in [-0.2, 0) is 14.3 Å². The summed E-state index contributed by atoms with van der Waals surface area (Å²) in [5.74, 6) is -2.24. The first-order chi connectivity index (χ1) is 13.7. The van der Waals surface area contributed by atoms with Gasteiger partial charge in [-0.3, -0.25) is 4.79 Å². The van der Waals surface area contributed by atoms with E-state index >= 15 is 0 Å². The quantitative estimate of drug-likeness (QED) is 0.496. The van der Waals surface area contributed by atoms with E-state index in [2.05, 4.69) is 5.32 Å². The molecule has 2 rings (SSSR count). The molecule has 0 heterocycles. The number of carbonyl (C=O) groups excluding carboxylic acids is 2. The maximum atomic E-state index is 12.4. The molecule has 2 atom stereocenters. The number of hydrogen-bond donors (Lipinski definition) is 2. The van der Waals surface area contributed by atoms with Gasteiger partial charge in [-0.2, -0.15) is 0 Å². The van der Waals surface area contributed by atoms with Crippen LogP contribution in [0.25, 0.3) is 0 Å². The number of benzene rings is 1. The second-order valence-electron chi connectivity index (χ2n) is 8.13. The molecule has 2 unspecified atom stereocenters. The van der Waals surface area contributed by atoms with Crippen LogP contribution in [0, 0.1) is 17.3 Å². The van der Waals surface area contributed by atoms with Crippen molar-refractivity contribution in [3.8, 4) is 0 Å². The molecule has 1 saturated carbocycles. The van der Waals surface area contributed by atoms with Gasteiger partial charge in [0.05, 0.1) is 11.5 Å². The van der Waals surface area contributed by atoms with E-state index < -0.39 is 35.7 Å². The Hall–Kier alpha value is -2.57. The largest absolute Gasteiger partial charge is 0.481 e. The molecule has 1 aliphatic rings. The van der Waals surface area contributed by atoms with Gasteiger partial charge in [0.25, 0.3) is 6.29 Å². The Balaban J connectivity index is 1.97. The van der Waals surface area contributed by atoms with E-state index in [0.29, 0.717) is 5.56 Å². The minimum Gasteiger partial charge on any atom is -0.481 e. The fraction of sp³-hybridized carbons (Fsp3) is 0.591. The monoisotopic (exact) mass is 405 g/mol. The third kappa shape index (κ3) is 6.21. The lowest BCUT2D eigenvalue weighted by Crippen LogP contribution is -2.46. The summed E-state index contributed by atoms with van der Waals surface area (Å²) in [4.78, 5) is 36.2. The van der Waals surface area contributed by atoms with Crippen molar-refractivity contribution < 1.29 is 29.0 Å². The van der Waals surface area contributed by atoms with Crippen LogP contribution in [0.2, 0.25) is 0 Å². The van der Waals surface area contributed by atoms with Crippen molar-refractivity contribution in [1.29, 1.82) is 0 Å². The van der Waals surface area contributed by atoms with Crippen molar-refractivity contribution in [3.05, 3.63) is 35.9 Å². The summed E-state index contributed by atoms with van der Waals surface area (Å²) in [6.45, 7) is 5.48. The summed E-state index contributed by atoms with van der Waals surface area (Å²) in [6, 6.07) is 8.49. The Labute approximate surface area is 171 Å². The summed E-state index contributed by atoms with van der Waals surface area (Å²) in [7, 11) is 0. The van der Waals surface area contributed by atoms with E-state index in [1.807, 2.05) is 0 Å². The fourth-order valence-electron chi connectivity index (χ4n) is 3.72. The Bertz CT molecular complexity index is 697. The van der Waals surface area contributed by atoms with Gasteiger partial charge in [-0.05, 0) is 25.0 Å². The van der Waals surface area contributed by atoms with Crippen molar-refractivity contribution in [2.24, 2.45) is 17.3 Å². The molecule has 160 valence electrons. The molecule has 0 bridgehead atoms. The number of alkyl carbamates (subject to hydrolysis) is 1. The average Bonchev–Trinajstić information content (AvgIpc) is 2.72. The van der Waals surface area contributed by atoms with Crippen LogP contribution in [0.3, 0.4) is 0 Å². The fourth-order valence-corrected chi connectivity index (χ4v) is 3.72. The van der Waals surface area contributed by atoms with E-state index in [-0.39, 0.29) is 12.5 Å². The number of carboxylic acid groups (broad SMARTS) is 1. The van der Waals surface area contributed by atoms with E-state index in [0.717, 1.165) is 32.1 Å². The van der Waals surface area contributed by atoms with Crippen LogP contribution in [-0.4, -0.2) is 36.0 Å². The molecule has 0 radical (unpaired) electrons. The highest BCUT2D eigenvalue weighted by atomic mass is 16.7. The van der Waals surface area contributed by atoms with Crippen LogP contribution in [0.1, 0.15) is 63.2 Å². The van der Waals surface area contributed by atoms with Gasteiger partial charge in [0.2, 0.25) is 0 Å².